The molecule has 0 spiro atoms. The fourth-order valence-electron chi connectivity index (χ4n) is 1.73. The molecule has 0 radical (unpaired) electrons. The fraction of sp³-hybridized carbons (Fsp3) is 0.588. The van der Waals surface area contributed by atoms with Gasteiger partial charge in [-0.15, -0.1) is 11.8 Å². The van der Waals surface area contributed by atoms with Crippen LogP contribution in [-0.4, -0.2) is 24.2 Å². The molecule has 3 nitrogen and oxygen atoms in total. The van der Waals surface area contributed by atoms with Crippen LogP contribution < -0.4 is 10.6 Å². The molecule has 0 fully saturated rings. The average molecular weight is 308 g/mol. The second kappa shape index (κ2) is 9.85. The van der Waals surface area contributed by atoms with E-state index in [2.05, 4.69) is 62.6 Å². The molecule has 0 aliphatic heterocycles. The molecule has 0 saturated carbocycles. The van der Waals surface area contributed by atoms with Crippen LogP contribution in [0, 0.1) is 5.92 Å². The smallest absolute Gasteiger partial charge is 0.230 e. The van der Waals surface area contributed by atoms with Crippen molar-refractivity contribution in [1.29, 1.82) is 0 Å². The van der Waals surface area contributed by atoms with Crippen molar-refractivity contribution in [2.45, 2.75) is 51.6 Å². The van der Waals surface area contributed by atoms with Gasteiger partial charge in [-0.2, -0.15) is 0 Å². The highest BCUT2D eigenvalue weighted by Gasteiger charge is 2.03. The summed E-state index contributed by atoms with van der Waals surface area (Å²) >= 11 is 1.59. The molecule has 0 heterocycles. The summed E-state index contributed by atoms with van der Waals surface area (Å²) in [5, 5.41) is 6.35. The number of carbonyl (C=O) groups is 1. The van der Waals surface area contributed by atoms with E-state index in [9.17, 15) is 4.79 Å². The number of amides is 1. The van der Waals surface area contributed by atoms with E-state index in [4.69, 9.17) is 0 Å². The van der Waals surface area contributed by atoms with Gasteiger partial charge < -0.3 is 10.6 Å². The van der Waals surface area contributed by atoms with Gasteiger partial charge in [0, 0.05) is 24.0 Å². The number of thioether (sulfide) groups is 1. The van der Waals surface area contributed by atoms with E-state index in [1.54, 1.807) is 11.8 Å². The minimum atomic E-state index is 0.117. The van der Waals surface area contributed by atoms with E-state index in [1.165, 1.54) is 5.56 Å². The third-order valence-corrected chi connectivity index (χ3v) is 4.06. The van der Waals surface area contributed by atoms with Crippen molar-refractivity contribution in [3.05, 3.63) is 29.8 Å². The van der Waals surface area contributed by atoms with E-state index >= 15 is 0 Å². The van der Waals surface area contributed by atoms with E-state index in [1.807, 2.05) is 0 Å². The minimum Gasteiger partial charge on any atom is -0.355 e. The van der Waals surface area contributed by atoms with Crippen molar-refractivity contribution < 1.29 is 4.79 Å². The third kappa shape index (κ3) is 8.79. The first-order valence-corrected chi connectivity index (χ1v) is 8.67. The maximum atomic E-state index is 11.7. The summed E-state index contributed by atoms with van der Waals surface area (Å²) in [4.78, 5) is 12.8. The van der Waals surface area contributed by atoms with E-state index in [0.29, 0.717) is 17.7 Å². The zero-order chi connectivity index (χ0) is 15.7. The molecular formula is C17H28N2OS. The highest BCUT2D eigenvalue weighted by Crippen LogP contribution is 2.18. The van der Waals surface area contributed by atoms with Crippen LogP contribution in [-0.2, 0) is 11.3 Å². The Labute approximate surface area is 133 Å². The number of nitrogens with one attached hydrogen (secondary N) is 2. The summed E-state index contributed by atoms with van der Waals surface area (Å²) in [5.41, 5.74) is 1.27. The van der Waals surface area contributed by atoms with Crippen LogP contribution in [0.2, 0.25) is 0 Å². The maximum absolute atomic E-state index is 11.7. The Morgan fingerprint density at radius 3 is 2.38 bits per heavy atom. The predicted octanol–water partition coefficient (Wildman–Crippen LogP) is 3.44. The minimum absolute atomic E-state index is 0.117. The fourth-order valence-corrected chi connectivity index (χ4v) is 2.45. The Morgan fingerprint density at radius 2 is 1.81 bits per heavy atom. The summed E-state index contributed by atoms with van der Waals surface area (Å²) < 4.78 is 0. The number of rotatable bonds is 9. The number of carbonyl (C=O) groups excluding carboxylic acids is 1. The van der Waals surface area contributed by atoms with E-state index < -0.39 is 0 Å². The predicted molar refractivity (Wildman–Crippen MR) is 91.6 cm³/mol. The molecular weight excluding hydrogens is 280 g/mol. The van der Waals surface area contributed by atoms with Crippen LogP contribution in [0.25, 0.3) is 0 Å². The van der Waals surface area contributed by atoms with Gasteiger partial charge in [0.05, 0.1) is 5.75 Å². The first-order chi connectivity index (χ1) is 9.97. The van der Waals surface area contributed by atoms with Crippen molar-refractivity contribution in [3.8, 4) is 0 Å². The van der Waals surface area contributed by atoms with Crippen LogP contribution in [0.5, 0.6) is 0 Å². The Balaban J connectivity index is 2.27. The van der Waals surface area contributed by atoms with Crippen LogP contribution in [0.4, 0.5) is 0 Å². The van der Waals surface area contributed by atoms with Gasteiger partial charge >= 0.3 is 0 Å². The molecule has 118 valence electrons. The highest BCUT2D eigenvalue weighted by atomic mass is 32.2. The molecule has 1 amide bonds. The summed E-state index contributed by atoms with van der Waals surface area (Å²) in [5.74, 6) is 1.23. The Hall–Kier alpha value is -1.00. The van der Waals surface area contributed by atoms with Gasteiger partial charge in [-0.05, 0) is 30.0 Å². The van der Waals surface area contributed by atoms with Gasteiger partial charge in [-0.3, -0.25) is 4.79 Å². The molecule has 0 atom stereocenters. The Bertz CT molecular complexity index is 415. The molecule has 0 unspecified atom stereocenters. The number of hydrogen-bond donors (Lipinski definition) is 2. The van der Waals surface area contributed by atoms with E-state index in [-0.39, 0.29) is 5.91 Å². The van der Waals surface area contributed by atoms with Crippen molar-refractivity contribution in [2.24, 2.45) is 5.92 Å². The number of hydrogen-bond acceptors (Lipinski definition) is 3. The molecule has 1 aromatic carbocycles. The summed E-state index contributed by atoms with van der Waals surface area (Å²) in [7, 11) is 0. The quantitative estimate of drug-likeness (QED) is 0.687. The first kappa shape index (κ1) is 18.1. The molecule has 21 heavy (non-hydrogen) atoms. The van der Waals surface area contributed by atoms with Crippen molar-refractivity contribution >= 4 is 17.7 Å². The molecule has 0 bridgehead atoms. The lowest BCUT2D eigenvalue weighted by Crippen LogP contribution is -2.26. The van der Waals surface area contributed by atoms with Crippen LogP contribution in [0.3, 0.4) is 0 Å². The molecule has 4 heteroatoms. The van der Waals surface area contributed by atoms with Crippen LogP contribution >= 0.6 is 11.8 Å². The van der Waals surface area contributed by atoms with Crippen molar-refractivity contribution in [1.82, 2.24) is 10.6 Å². The lowest BCUT2D eigenvalue weighted by Gasteiger charge is -2.09. The molecule has 1 rings (SSSR count). The number of benzene rings is 1. The third-order valence-electron chi connectivity index (χ3n) is 3.05. The molecule has 1 aromatic rings. The van der Waals surface area contributed by atoms with Gasteiger partial charge in [0.1, 0.15) is 0 Å². The lowest BCUT2D eigenvalue weighted by atomic mass is 10.1. The zero-order valence-electron chi connectivity index (χ0n) is 13.6. The lowest BCUT2D eigenvalue weighted by molar-refractivity contribution is -0.118. The summed E-state index contributed by atoms with van der Waals surface area (Å²) in [6.45, 7) is 10.3. The van der Waals surface area contributed by atoms with Crippen LogP contribution in [0.1, 0.15) is 39.7 Å². The molecule has 0 aromatic heterocycles. The summed E-state index contributed by atoms with van der Waals surface area (Å²) in [6, 6.07) is 8.91. The average Bonchev–Trinajstić information content (AvgIpc) is 2.43. The monoisotopic (exact) mass is 308 g/mol. The largest absolute Gasteiger partial charge is 0.355 e. The van der Waals surface area contributed by atoms with Gasteiger partial charge in [0.2, 0.25) is 5.91 Å². The van der Waals surface area contributed by atoms with Crippen molar-refractivity contribution in [2.75, 3.05) is 12.3 Å². The molecule has 0 saturated heterocycles. The van der Waals surface area contributed by atoms with E-state index in [0.717, 1.165) is 24.4 Å². The Kier molecular flexibility index (Phi) is 8.47. The summed E-state index contributed by atoms with van der Waals surface area (Å²) in [6.07, 6.45) is 1.04. The first-order valence-electron chi connectivity index (χ1n) is 7.69. The van der Waals surface area contributed by atoms with Crippen molar-refractivity contribution in [3.63, 3.8) is 0 Å². The second-order valence-electron chi connectivity index (χ2n) is 6.00. The van der Waals surface area contributed by atoms with Gasteiger partial charge in [0.15, 0.2) is 0 Å². The van der Waals surface area contributed by atoms with Gasteiger partial charge in [-0.25, -0.2) is 0 Å². The standard InChI is InChI=1S/C17H28N2OS/c1-13(2)9-10-18-17(20)12-21-16-7-5-15(6-8-16)11-19-14(3)4/h5-8,13-14,19H,9-12H2,1-4H3,(H,18,20). The topological polar surface area (TPSA) is 41.1 Å². The second-order valence-corrected chi connectivity index (χ2v) is 7.05. The zero-order valence-corrected chi connectivity index (χ0v) is 14.4. The Morgan fingerprint density at radius 1 is 1.14 bits per heavy atom. The van der Waals surface area contributed by atoms with Crippen LogP contribution in [0.15, 0.2) is 29.2 Å². The maximum Gasteiger partial charge on any atom is 0.230 e. The van der Waals surface area contributed by atoms with Gasteiger partial charge in [0.25, 0.3) is 0 Å². The normalized spacial score (nSPS) is 11.1. The molecule has 2 N–H and O–H groups in total. The molecule has 0 aliphatic carbocycles. The van der Waals surface area contributed by atoms with Gasteiger partial charge in [-0.1, -0.05) is 39.8 Å². The SMILES string of the molecule is CC(C)CCNC(=O)CSc1ccc(CNC(C)C)cc1. The molecule has 0 aliphatic rings. The highest BCUT2D eigenvalue weighted by molar-refractivity contribution is 8.00.